The van der Waals surface area contributed by atoms with Gasteiger partial charge in [-0.2, -0.15) is 0 Å². The van der Waals surface area contributed by atoms with Crippen LogP contribution in [0.1, 0.15) is 5.82 Å². The largest absolute Gasteiger partial charge is 0.394 e. The molecule has 7 nitrogen and oxygen atoms in total. The van der Waals surface area contributed by atoms with Crippen molar-refractivity contribution < 1.29 is 15.1 Å². The predicted molar refractivity (Wildman–Crippen MR) is 46.7 cm³/mol. The summed E-state index contributed by atoms with van der Waals surface area (Å²) in [6.07, 6.45) is 0.302. The molecule has 0 bridgehead atoms. The molecule has 0 aliphatic heterocycles. The van der Waals surface area contributed by atoms with Gasteiger partial charge in [0.25, 0.3) is 0 Å². The molecule has 1 aromatic rings. The Morgan fingerprint density at radius 3 is 2.86 bits per heavy atom. The second kappa shape index (κ2) is 4.16. The third-order valence-corrected chi connectivity index (χ3v) is 1.77. The topological polar surface area (TPSA) is 101 Å². The van der Waals surface area contributed by atoms with Crippen molar-refractivity contribution in [1.82, 2.24) is 9.55 Å². The number of rotatable bonds is 4. The van der Waals surface area contributed by atoms with Gasteiger partial charge < -0.3 is 24.9 Å². The van der Waals surface area contributed by atoms with E-state index < -0.39 is 11.0 Å². The lowest BCUT2D eigenvalue weighted by Gasteiger charge is -2.06. The summed E-state index contributed by atoms with van der Waals surface area (Å²) >= 11 is 0. The minimum absolute atomic E-state index is 0.100. The summed E-state index contributed by atoms with van der Waals surface area (Å²) < 4.78 is 1.43. The zero-order valence-electron chi connectivity index (χ0n) is 7.62. The molecule has 0 amide bonds. The average molecular weight is 201 g/mol. The van der Waals surface area contributed by atoms with Crippen molar-refractivity contribution in [1.29, 1.82) is 0 Å². The highest BCUT2D eigenvalue weighted by atomic mass is 16.6. The van der Waals surface area contributed by atoms with Crippen LogP contribution in [0.15, 0.2) is 6.20 Å². The fourth-order valence-electron chi connectivity index (χ4n) is 1.05. The quantitative estimate of drug-likeness (QED) is 0.502. The monoisotopic (exact) mass is 201 g/mol. The fourth-order valence-corrected chi connectivity index (χ4v) is 1.05. The first kappa shape index (κ1) is 10.6. The van der Waals surface area contributed by atoms with E-state index in [1.807, 2.05) is 0 Å². The molecule has 0 aromatic carbocycles. The number of aryl methyl sites for hydroxylation is 1. The van der Waals surface area contributed by atoms with Crippen molar-refractivity contribution in [3.63, 3.8) is 0 Å². The summed E-state index contributed by atoms with van der Waals surface area (Å²) in [5.41, 5.74) is 0. The van der Waals surface area contributed by atoms with Gasteiger partial charge in [0.05, 0.1) is 19.3 Å². The lowest BCUT2D eigenvalue weighted by molar-refractivity contribution is -0.389. The van der Waals surface area contributed by atoms with Crippen molar-refractivity contribution in [2.75, 3.05) is 6.61 Å². The van der Waals surface area contributed by atoms with E-state index in [2.05, 4.69) is 4.98 Å². The van der Waals surface area contributed by atoms with Crippen LogP contribution in [-0.2, 0) is 6.54 Å². The number of aromatic nitrogens is 2. The molecule has 1 aromatic heterocycles. The summed E-state index contributed by atoms with van der Waals surface area (Å²) in [7, 11) is 0. The van der Waals surface area contributed by atoms with Gasteiger partial charge in [-0.15, -0.1) is 0 Å². The molecule has 1 atom stereocenters. The van der Waals surface area contributed by atoms with Crippen LogP contribution in [0.2, 0.25) is 0 Å². The van der Waals surface area contributed by atoms with Crippen molar-refractivity contribution in [2.45, 2.75) is 19.6 Å². The van der Waals surface area contributed by atoms with E-state index in [0.717, 1.165) is 0 Å². The number of nitro groups is 1. The second-order valence-electron chi connectivity index (χ2n) is 2.89. The first-order chi connectivity index (χ1) is 6.54. The fraction of sp³-hybridized carbons (Fsp3) is 0.571. The van der Waals surface area contributed by atoms with E-state index in [4.69, 9.17) is 10.2 Å². The molecule has 0 saturated heterocycles. The minimum Gasteiger partial charge on any atom is -0.394 e. The third-order valence-electron chi connectivity index (χ3n) is 1.77. The van der Waals surface area contributed by atoms with Gasteiger partial charge in [0.2, 0.25) is 5.82 Å². The lowest BCUT2D eigenvalue weighted by atomic mass is 10.4. The van der Waals surface area contributed by atoms with Gasteiger partial charge in [-0.25, -0.2) is 0 Å². The molecule has 78 valence electrons. The summed E-state index contributed by atoms with van der Waals surface area (Å²) in [4.78, 5) is 13.4. The maximum absolute atomic E-state index is 10.3. The minimum atomic E-state index is -0.928. The Kier molecular flexibility index (Phi) is 3.15. The molecule has 0 radical (unpaired) electrons. The summed E-state index contributed by atoms with van der Waals surface area (Å²) in [6.45, 7) is 1.31. The Morgan fingerprint density at radius 1 is 1.79 bits per heavy atom. The first-order valence-corrected chi connectivity index (χ1v) is 4.01. The van der Waals surface area contributed by atoms with Gasteiger partial charge in [0.15, 0.2) is 0 Å². The Labute approximate surface area is 79.8 Å². The molecule has 0 saturated carbocycles. The van der Waals surface area contributed by atoms with Crippen LogP contribution in [0.3, 0.4) is 0 Å². The highest BCUT2D eigenvalue weighted by Gasteiger charge is 2.16. The highest BCUT2D eigenvalue weighted by molar-refractivity contribution is 5.16. The van der Waals surface area contributed by atoms with Crippen LogP contribution in [0.25, 0.3) is 0 Å². The maximum Gasteiger partial charge on any atom is 0.381 e. The molecule has 1 heterocycles. The molecule has 14 heavy (non-hydrogen) atoms. The average Bonchev–Trinajstić information content (AvgIpc) is 2.48. The van der Waals surface area contributed by atoms with E-state index in [-0.39, 0.29) is 19.0 Å². The first-order valence-electron chi connectivity index (χ1n) is 4.01. The summed E-state index contributed by atoms with van der Waals surface area (Å²) in [6, 6.07) is 0. The number of aliphatic hydroxyl groups is 2. The van der Waals surface area contributed by atoms with E-state index >= 15 is 0 Å². The number of aliphatic hydroxyl groups excluding tert-OH is 2. The number of nitrogens with zero attached hydrogens (tertiary/aromatic N) is 3. The number of imidazole rings is 1. The van der Waals surface area contributed by atoms with Crippen LogP contribution in [0.5, 0.6) is 0 Å². The molecular formula is C7H11N3O4. The standard InChI is InChI=1S/C7H11N3O4/c1-5-8-7(10(13)14)3-9(5)2-6(12)4-11/h3,6,11-12H,2,4H2,1H3. The highest BCUT2D eigenvalue weighted by Crippen LogP contribution is 2.10. The SMILES string of the molecule is Cc1nc([N+](=O)[O-])cn1CC(O)CO. The molecule has 0 spiro atoms. The van der Waals surface area contributed by atoms with Gasteiger partial charge in [-0.05, 0) is 9.91 Å². The molecule has 1 unspecified atom stereocenters. The van der Waals surface area contributed by atoms with E-state index in [1.165, 1.54) is 10.8 Å². The predicted octanol–water partition coefficient (Wildman–Crippen LogP) is -0.547. The van der Waals surface area contributed by atoms with Gasteiger partial charge >= 0.3 is 5.82 Å². The zero-order valence-corrected chi connectivity index (χ0v) is 7.62. The molecule has 0 aliphatic rings. The van der Waals surface area contributed by atoms with Crippen LogP contribution >= 0.6 is 0 Å². The van der Waals surface area contributed by atoms with Gasteiger partial charge in [-0.3, -0.25) is 0 Å². The van der Waals surface area contributed by atoms with Crippen molar-refractivity contribution in [2.24, 2.45) is 0 Å². The lowest BCUT2D eigenvalue weighted by Crippen LogP contribution is -2.20. The van der Waals surface area contributed by atoms with Crippen LogP contribution < -0.4 is 0 Å². The zero-order chi connectivity index (χ0) is 10.7. The summed E-state index contributed by atoms with van der Waals surface area (Å²) in [5, 5.41) is 28.0. The Morgan fingerprint density at radius 2 is 2.43 bits per heavy atom. The van der Waals surface area contributed by atoms with Gasteiger partial charge in [0.1, 0.15) is 6.20 Å². The second-order valence-corrected chi connectivity index (χ2v) is 2.89. The van der Waals surface area contributed by atoms with Gasteiger partial charge in [0, 0.05) is 6.92 Å². The van der Waals surface area contributed by atoms with Crippen LogP contribution in [0, 0.1) is 17.0 Å². The molecule has 2 N–H and O–H groups in total. The van der Waals surface area contributed by atoms with Crippen LogP contribution in [-0.4, -0.2) is 37.4 Å². The maximum atomic E-state index is 10.3. The third kappa shape index (κ3) is 2.27. The normalized spacial score (nSPS) is 12.8. The molecule has 0 fully saturated rings. The van der Waals surface area contributed by atoms with E-state index in [0.29, 0.717) is 5.82 Å². The smallest absolute Gasteiger partial charge is 0.381 e. The van der Waals surface area contributed by atoms with Crippen molar-refractivity contribution in [3.05, 3.63) is 22.1 Å². The molecular weight excluding hydrogens is 190 g/mol. The van der Waals surface area contributed by atoms with Crippen molar-refractivity contribution >= 4 is 5.82 Å². The van der Waals surface area contributed by atoms with Crippen LogP contribution in [0.4, 0.5) is 5.82 Å². The summed E-state index contributed by atoms with van der Waals surface area (Å²) in [5.74, 6) is 0.178. The van der Waals surface area contributed by atoms with Crippen molar-refractivity contribution in [3.8, 4) is 0 Å². The molecule has 7 heteroatoms. The number of hydrogen-bond acceptors (Lipinski definition) is 5. The Bertz CT molecular complexity index is 336. The van der Waals surface area contributed by atoms with E-state index in [1.54, 1.807) is 6.92 Å². The number of hydrogen-bond donors (Lipinski definition) is 2. The Hall–Kier alpha value is -1.47. The van der Waals surface area contributed by atoms with Gasteiger partial charge in [-0.1, -0.05) is 0 Å². The molecule has 1 rings (SSSR count). The van der Waals surface area contributed by atoms with E-state index in [9.17, 15) is 10.1 Å². The molecule has 0 aliphatic carbocycles. The Balaban J connectivity index is 2.82.